The van der Waals surface area contributed by atoms with Crippen molar-refractivity contribution in [3.8, 4) is 28.6 Å². The quantitative estimate of drug-likeness (QED) is 0.215. The Kier molecular flexibility index (Phi) is 6.94. The minimum atomic E-state index is 0.569. The van der Waals surface area contributed by atoms with E-state index < -0.39 is 0 Å². The lowest BCUT2D eigenvalue weighted by Crippen LogP contribution is -2.03. The normalized spacial score (nSPS) is 10.8. The van der Waals surface area contributed by atoms with Gasteiger partial charge in [0.25, 0.3) is 0 Å². The molecule has 0 bridgehead atoms. The summed E-state index contributed by atoms with van der Waals surface area (Å²) in [6.45, 7) is 2.65. The molecule has 0 N–H and O–H groups in total. The Hall–Kier alpha value is -2.77. The number of aromatic nitrogens is 3. The van der Waals surface area contributed by atoms with Crippen molar-refractivity contribution in [3.05, 3.63) is 82.8 Å². The molecular formula is C24H22BrN3O2S. The molecule has 0 radical (unpaired) electrons. The van der Waals surface area contributed by atoms with Crippen LogP contribution in [0.2, 0.25) is 0 Å². The third-order valence-corrected chi connectivity index (χ3v) is 6.04. The zero-order chi connectivity index (χ0) is 21.6. The predicted octanol–water partition coefficient (Wildman–Crippen LogP) is 6.18. The largest absolute Gasteiger partial charge is 0.497 e. The summed E-state index contributed by atoms with van der Waals surface area (Å²) in [6, 6.07) is 24.1. The molecule has 1 heterocycles. The number of hydrogen-bond donors (Lipinski definition) is 0. The van der Waals surface area contributed by atoms with Gasteiger partial charge in [0.2, 0.25) is 0 Å². The number of nitrogens with zero attached hydrogens (tertiary/aromatic N) is 3. The Morgan fingerprint density at radius 2 is 1.71 bits per heavy atom. The van der Waals surface area contributed by atoms with Gasteiger partial charge in [-0.05, 0) is 61.5 Å². The third-order valence-electron chi connectivity index (χ3n) is 4.65. The lowest BCUT2D eigenvalue weighted by Gasteiger charge is -2.11. The van der Waals surface area contributed by atoms with E-state index >= 15 is 0 Å². The van der Waals surface area contributed by atoms with Crippen LogP contribution in [0.15, 0.2) is 82.4 Å². The van der Waals surface area contributed by atoms with E-state index in [4.69, 9.17) is 9.47 Å². The molecule has 0 spiro atoms. The first-order valence-corrected chi connectivity index (χ1v) is 11.6. The lowest BCUT2D eigenvalue weighted by atomic mass is 10.2. The van der Waals surface area contributed by atoms with Gasteiger partial charge in [-0.3, -0.25) is 4.57 Å². The molecule has 4 rings (SSSR count). The van der Waals surface area contributed by atoms with E-state index in [0.29, 0.717) is 6.61 Å². The highest BCUT2D eigenvalue weighted by Gasteiger charge is 2.16. The Morgan fingerprint density at radius 3 is 2.42 bits per heavy atom. The zero-order valence-electron chi connectivity index (χ0n) is 17.3. The van der Waals surface area contributed by atoms with Crippen molar-refractivity contribution in [2.45, 2.75) is 12.1 Å². The number of ether oxygens (including phenoxy) is 2. The Bertz CT molecular complexity index is 1140. The van der Waals surface area contributed by atoms with Crippen molar-refractivity contribution in [3.63, 3.8) is 0 Å². The van der Waals surface area contributed by atoms with Gasteiger partial charge in [-0.15, -0.1) is 10.2 Å². The summed E-state index contributed by atoms with van der Waals surface area (Å²) in [6.07, 6.45) is 0. The molecule has 0 saturated carbocycles. The molecule has 0 unspecified atom stereocenters. The van der Waals surface area contributed by atoms with Crippen molar-refractivity contribution in [1.29, 1.82) is 0 Å². The highest BCUT2D eigenvalue weighted by molar-refractivity contribution is 9.10. The zero-order valence-corrected chi connectivity index (χ0v) is 19.7. The van der Waals surface area contributed by atoms with E-state index in [9.17, 15) is 0 Å². The van der Waals surface area contributed by atoms with Crippen LogP contribution in [-0.2, 0) is 0 Å². The molecule has 1 aromatic heterocycles. The molecule has 4 aromatic rings. The van der Waals surface area contributed by atoms with Gasteiger partial charge >= 0.3 is 0 Å². The van der Waals surface area contributed by atoms with Crippen molar-refractivity contribution in [2.75, 3.05) is 19.5 Å². The molecule has 31 heavy (non-hydrogen) atoms. The second-order valence-corrected chi connectivity index (χ2v) is 8.84. The molecule has 0 aliphatic rings. The number of hydrogen-bond acceptors (Lipinski definition) is 5. The third kappa shape index (κ3) is 5.29. The monoisotopic (exact) mass is 495 g/mol. The fourth-order valence-electron chi connectivity index (χ4n) is 3.07. The van der Waals surface area contributed by atoms with Gasteiger partial charge in [-0.1, -0.05) is 51.5 Å². The smallest absolute Gasteiger partial charge is 0.196 e. The van der Waals surface area contributed by atoms with E-state index in [1.54, 1.807) is 18.9 Å². The Balaban J connectivity index is 1.56. The van der Waals surface area contributed by atoms with Crippen LogP contribution in [0.3, 0.4) is 0 Å². The molecule has 0 saturated heterocycles. The van der Waals surface area contributed by atoms with E-state index in [1.807, 2.05) is 48.5 Å². The molecule has 5 nitrogen and oxygen atoms in total. The van der Waals surface area contributed by atoms with Crippen LogP contribution in [0.25, 0.3) is 17.1 Å². The van der Waals surface area contributed by atoms with Gasteiger partial charge in [0, 0.05) is 21.5 Å². The van der Waals surface area contributed by atoms with Crippen LogP contribution in [0.1, 0.15) is 5.56 Å². The molecule has 0 aliphatic carbocycles. The van der Waals surface area contributed by atoms with E-state index in [2.05, 4.69) is 61.9 Å². The predicted molar refractivity (Wildman–Crippen MR) is 128 cm³/mol. The molecule has 158 valence electrons. The topological polar surface area (TPSA) is 49.2 Å². The fraction of sp³-hybridized carbons (Fsp3) is 0.167. The van der Waals surface area contributed by atoms with Crippen LogP contribution < -0.4 is 9.47 Å². The van der Waals surface area contributed by atoms with Crippen LogP contribution >= 0.6 is 27.7 Å². The average molecular weight is 496 g/mol. The van der Waals surface area contributed by atoms with Crippen LogP contribution in [0.4, 0.5) is 0 Å². The first-order chi connectivity index (χ1) is 15.1. The van der Waals surface area contributed by atoms with Gasteiger partial charge in [0.15, 0.2) is 11.0 Å². The molecule has 0 atom stereocenters. The van der Waals surface area contributed by atoms with Crippen molar-refractivity contribution in [2.24, 2.45) is 0 Å². The summed E-state index contributed by atoms with van der Waals surface area (Å²) in [7, 11) is 1.66. The Morgan fingerprint density at radius 1 is 0.935 bits per heavy atom. The lowest BCUT2D eigenvalue weighted by molar-refractivity contribution is 0.343. The number of methoxy groups -OCH3 is 1. The SMILES string of the molecule is COc1ccc(-c2nnc(SCCOc3cccc(Br)c3)n2-c2ccc(C)cc2)cc1. The van der Waals surface area contributed by atoms with Crippen molar-refractivity contribution >= 4 is 27.7 Å². The average Bonchev–Trinajstić information content (AvgIpc) is 3.21. The van der Waals surface area contributed by atoms with Gasteiger partial charge in [-0.25, -0.2) is 0 Å². The molecule has 0 fully saturated rings. The number of rotatable bonds is 8. The van der Waals surface area contributed by atoms with Gasteiger partial charge in [-0.2, -0.15) is 0 Å². The van der Waals surface area contributed by atoms with Crippen molar-refractivity contribution in [1.82, 2.24) is 14.8 Å². The highest BCUT2D eigenvalue weighted by Crippen LogP contribution is 2.29. The first kappa shape index (κ1) is 21.5. The van der Waals surface area contributed by atoms with Crippen LogP contribution in [0, 0.1) is 6.92 Å². The van der Waals surface area contributed by atoms with E-state index in [0.717, 1.165) is 44.0 Å². The summed E-state index contributed by atoms with van der Waals surface area (Å²) in [5, 5.41) is 9.79. The van der Waals surface area contributed by atoms with E-state index in [-0.39, 0.29) is 0 Å². The number of thioether (sulfide) groups is 1. The number of benzene rings is 3. The summed E-state index contributed by atoms with van der Waals surface area (Å²) < 4.78 is 14.2. The summed E-state index contributed by atoms with van der Waals surface area (Å²) in [4.78, 5) is 0. The maximum absolute atomic E-state index is 5.86. The molecule has 0 amide bonds. The summed E-state index contributed by atoms with van der Waals surface area (Å²) in [5.74, 6) is 3.19. The van der Waals surface area contributed by atoms with Gasteiger partial charge < -0.3 is 9.47 Å². The van der Waals surface area contributed by atoms with Crippen LogP contribution in [0.5, 0.6) is 11.5 Å². The molecule has 7 heteroatoms. The molecule has 0 aliphatic heterocycles. The minimum absolute atomic E-state index is 0.569. The fourth-order valence-corrected chi connectivity index (χ4v) is 4.21. The van der Waals surface area contributed by atoms with E-state index in [1.165, 1.54) is 5.56 Å². The van der Waals surface area contributed by atoms with Crippen LogP contribution in [-0.4, -0.2) is 34.2 Å². The maximum Gasteiger partial charge on any atom is 0.196 e. The summed E-state index contributed by atoms with van der Waals surface area (Å²) in [5.41, 5.74) is 3.21. The minimum Gasteiger partial charge on any atom is -0.497 e. The van der Waals surface area contributed by atoms with Crippen molar-refractivity contribution < 1.29 is 9.47 Å². The second-order valence-electron chi connectivity index (χ2n) is 6.86. The number of aryl methyl sites for hydroxylation is 1. The molecule has 3 aromatic carbocycles. The van der Waals surface area contributed by atoms with Gasteiger partial charge in [0.05, 0.1) is 13.7 Å². The standard InChI is InChI=1S/C24H22BrN3O2S/c1-17-6-10-20(11-7-17)28-23(18-8-12-21(29-2)13-9-18)26-27-24(28)31-15-14-30-22-5-3-4-19(25)16-22/h3-13,16H,14-15H2,1-2H3. The second kappa shape index (κ2) is 10.0. The highest BCUT2D eigenvalue weighted by atomic mass is 79.9. The summed E-state index contributed by atoms with van der Waals surface area (Å²) >= 11 is 5.09. The first-order valence-electron chi connectivity index (χ1n) is 9.82. The van der Waals surface area contributed by atoms with Gasteiger partial charge in [0.1, 0.15) is 11.5 Å². The molecular weight excluding hydrogens is 474 g/mol. The number of halogens is 1. The Labute approximate surface area is 194 Å². The maximum atomic E-state index is 5.86.